The first-order chi connectivity index (χ1) is 17.2. The topological polar surface area (TPSA) is 127 Å². The van der Waals surface area contributed by atoms with E-state index in [4.69, 9.17) is 0 Å². The van der Waals surface area contributed by atoms with Crippen molar-refractivity contribution in [2.24, 2.45) is 7.05 Å². The largest absolute Gasteiger partial charge is 0.350 e. The van der Waals surface area contributed by atoms with Gasteiger partial charge in [0, 0.05) is 29.9 Å². The van der Waals surface area contributed by atoms with Crippen molar-refractivity contribution in [2.75, 3.05) is 11.1 Å². The van der Waals surface area contributed by atoms with E-state index in [1.165, 1.54) is 11.5 Å². The number of hydrogen-bond donors (Lipinski definition) is 2. The highest BCUT2D eigenvalue weighted by Crippen LogP contribution is 2.23. The van der Waals surface area contributed by atoms with E-state index >= 15 is 0 Å². The highest BCUT2D eigenvalue weighted by atomic mass is 32.2. The number of fused-ring (bicyclic) bond motifs is 3. The molecular formula is C25H26N6O4S. The van der Waals surface area contributed by atoms with Crippen LogP contribution in [0.2, 0.25) is 0 Å². The lowest BCUT2D eigenvalue weighted by Crippen LogP contribution is -2.32. The molecule has 2 amide bonds. The van der Waals surface area contributed by atoms with E-state index in [2.05, 4.69) is 20.8 Å². The Hall–Kier alpha value is -3.99. The summed E-state index contributed by atoms with van der Waals surface area (Å²) in [5.41, 5.74) is 1.64. The molecule has 2 N–H and O–H groups in total. The number of nitrogens with zero attached hydrogens (tertiary/aromatic N) is 4. The van der Waals surface area contributed by atoms with Gasteiger partial charge in [-0.15, -0.1) is 10.2 Å². The second-order valence-corrected chi connectivity index (χ2v) is 9.41. The number of rotatable bonds is 8. The number of ketones is 1. The second kappa shape index (κ2) is 10.3. The van der Waals surface area contributed by atoms with Gasteiger partial charge in [-0.1, -0.05) is 30.8 Å². The fraction of sp³-hybridized carbons (Fsp3) is 0.280. The van der Waals surface area contributed by atoms with Crippen LogP contribution in [0.15, 0.2) is 52.4 Å². The van der Waals surface area contributed by atoms with Crippen molar-refractivity contribution in [1.82, 2.24) is 24.5 Å². The number of carbonyl (C=O) groups is 3. The van der Waals surface area contributed by atoms with Crippen LogP contribution in [0.1, 0.15) is 47.9 Å². The van der Waals surface area contributed by atoms with Crippen LogP contribution in [0.4, 0.5) is 5.69 Å². The van der Waals surface area contributed by atoms with E-state index in [1.807, 2.05) is 13.8 Å². The molecule has 10 nitrogen and oxygen atoms in total. The molecule has 0 saturated carbocycles. The molecule has 11 heteroatoms. The zero-order valence-corrected chi connectivity index (χ0v) is 21.2. The molecule has 4 aromatic rings. The van der Waals surface area contributed by atoms with E-state index in [1.54, 1.807) is 53.9 Å². The minimum atomic E-state index is -0.291. The summed E-state index contributed by atoms with van der Waals surface area (Å²) >= 11 is 1.15. The van der Waals surface area contributed by atoms with Gasteiger partial charge in [0.15, 0.2) is 10.9 Å². The summed E-state index contributed by atoms with van der Waals surface area (Å²) in [7, 11) is 1.60. The lowest BCUT2D eigenvalue weighted by Gasteiger charge is -2.13. The lowest BCUT2D eigenvalue weighted by molar-refractivity contribution is -0.113. The molecule has 4 rings (SSSR count). The van der Waals surface area contributed by atoms with Gasteiger partial charge in [-0.25, -0.2) is 0 Å². The van der Waals surface area contributed by atoms with Crippen molar-refractivity contribution in [3.8, 4) is 0 Å². The smallest absolute Gasteiger partial charge is 0.262 e. The van der Waals surface area contributed by atoms with Crippen LogP contribution in [-0.2, 0) is 11.8 Å². The molecule has 1 atom stereocenters. The van der Waals surface area contributed by atoms with Gasteiger partial charge in [0.05, 0.1) is 16.7 Å². The molecule has 0 aliphatic heterocycles. The minimum absolute atomic E-state index is 0.00698. The fourth-order valence-electron chi connectivity index (χ4n) is 3.65. The van der Waals surface area contributed by atoms with Gasteiger partial charge in [0.1, 0.15) is 0 Å². The summed E-state index contributed by atoms with van der Waals surface area (Å²) in [5.74, 6) is -0.312. The minimum Gasteiger partial charge on any atom is -0.350 e. The molecule has 1 unspecified atom stereocenters. The number of amides is 2. The average Bonchev–Trinajstić information content (AvgIpc) is 3.30. The third-order valence-electron chi connectivity index (χ3n) is 5.83. The predicted octanol–water partition coefficient (Wildman–Crippen LogP) is 3.04. The van der Waals surface area contributed by atoms with Crippen molar-refractivity contribution in [3.63, 3.8) is 0 Å². The van der Waals surface area contributed by atoms with E-state index in [0.717, 1.165) is 18.2 Å². The highest BCUT2D eigenvalue weighted by Gasteiger charge is 2.18. The molecule has 0 aliphatic carbocycles. The maximum atomic E-state index is 12.9. The van der Waals surface area contributed by atoms with Gasteiger partial charge in [0.2, 0.25) is 11.7 Å². The second-order valence-electron chi connectivity index (χ2n) is 8.47. The van der Waals surface area contributed by atoms with Crippen LogP contribution < -0.4 is 16.2 Å². The number of anilines is 1. The van der Waals surface area contributed by atoms with Gasteiger partial charge in [-0.2, -0.15) is 0 Å². The SMILES string of the molecule is CCC(C)NC(=O)c1ccc2c(=O)n(C)c3nnc(SCC(=O)Nc4cccc(C(C)=O)c4)n3c2c1. The van der Waals surface area contributed by atoms with Crippen molar-refractivity contribution in [1.29, 1.82) is 0 Å². The number of nitrogens with one attached hydrogen (secondary N) is 2. The van der Waals surface area contributed by atoms with E-state index in [0.29, 0.717) is 38.7 Å². The molecule has 36 heavy (non-hydrogen) atoms. The summed E-state index contributed by atoms with van der Waals surface area (Å²) in [5, 5.41) is 14.8. The summed E-state index contributed by atoms with van der Waals surface area (Å²) in [6.45, 7) is 5.36. The van der Waals surface area contributed by atoms with E-state index < -0.39 is 0 Å². The Labute approximate surface area is 211 Å². The highest BCUT2D eigenvalue weighted by molar-refractivity contribution is 7.99. The first-order valence-corrected chi connectivity index (χ1v) is 12.4. The zero-order valence-electron chi connectivity index (χ0n) is 20.4. The molecule has 0 bridgehead atoms. The zero-order chi connectivity index (χ0) is 26.0. The summed E-state index contributed by atoms with van der Waals surface area (Å²) in [4.78, 5) is 49.8. The van der Waals surface area contributed by atoms with Crippen LogP contribution in [0.5, 0.6) is 0 Å². The Morgan fingerprint density at radius 2 is 1.86 bits per heavy atom. The molecule has 0 fully saturated rings. The van der Waals surface area contributed by atoms with Gasteiger partial charge in [0.25, 0.3) is 11.5 Å². The summed E-state index contributed by atoms with van der Waals surface area (Å²) in [6.07, 6.45) is 0.789. The van der Waals surface area contributed by atoms with E-state index in [9.17, 15) is 19.2 Å². The number of hydrogen-bond acceptors (Lipinski definition) is 7. The normalized spacial score (nSPS) is 12.0. The molecule has 0 saturated heterocycles. The third-order valence-corrected chi connectivity index (χ3v) is 6.76. The molecular weight excluding hydrogens is 480 g/mol. The van der Waals surface area contributed by atoms with Gasteiger partial charge < -0.3 is 10.6 Å². The average molecular weight is 507 g/mol. The van der Waals surface area contributed by atoms with Crippen LogP contribution in [0, 0.1) is 0 Å². The van der Waals surface area contributed by atoms with Gasteiger partial charge in [-0.05, 0) is 50.6 Å². The van der Waals surface area contributed by atoms with Gasteiger partial charge >= 0.3 is 0 Å². The maximum Gasteiger partial charge on any atom is 0.262 e. The quantitative estimate of drug-likeness (QED) is 0.278. The monoisotopic (exact) mass is 506 g/mol. The van der Waals surface area contributed by atoms with Gasteiger partial charge in [-0.3, -0.25) is 28.1 Å². The molecule has 0 aliphatic rings. The Morgan fingerprint density at radius 3 is 2.58 bits per heavy atom. The molecule has 0 spiro atoms. The first kappa shape index (κ1) is 25.1. The van der Waals surface area contributed by atoms with Crippen LogP contribution in [0.3, 0.4) is 0 Å². The van der Waals surface area contributed by atoms with E-state index in [-0.39, 0.29) is 35.0 Å². The van der Waals surface area contributed by atoms with Crippen LogP contribution >= 0.6 is 11.8 Å². The van der Waals surface area contributed by atoms with Crippen molar-refractivity contribution >= 4 is 51.7 Å². The predicted molar refractivity (Wildman–Crippen MR) is 139 cm³/mol. The summed E-state index contributed by atoms with van der Waals surface area (Å²) in [6, 6.07) is 11.6. The Morgan fingerprint density at radius 1 is 1.08 bits per heavy atom. The molecule has 2 heterocycles. The maximum absolute atomic E-state index is 12.9. The molecule has 0 radical (unpaired) electrons. The molecule has 2 aromatic heterocycles. The molecule has 186 valence electrons. The number of aryl methyl sites for hydroxylation is 1. The Bertz CT molecular complexity index is 1560. The Kier molecular flexibility index (Phi) is 7.20. The lowest BCUT2D eigenvalue weighted by atomic mass is 10.1. The Balaban J connectivity index is 1.65. The third kappa shape index (κ3) is 5.01. The number of thioether (sulfide) groups is 1. The standard InChI is InChI=1S/C25H26N6O4S/c1-5-14(2)26-22(34)17-9-10-19-20(12-17)31-24(30(4)23(19)35)28-29-25(31)36-13-21(33)27-18-8-6-7-16(11-18)15(3)32/h6-12,14H,5,13H2,1-4H3,(H,26,34)(H,27,33). The summed E-state index contributed by atoms with van der Waals surface area (Å²) < 4.78 is 3.05. The number of benzene rings is 2. The fourth-order valence-corrected chi connectivity index (χ4v) is 4.39. The first-order valence-electron chi connectivity index (χ1n) is 11.4. The van der Waals surface area contributed by atoms with Crippen LogP contribution in [-0.4, -0.2) is 48.6 Å². The number of Topliss-reactive ketones (excluding diaryl/α,β-unsaturated/α-hetero) is 1. The molecule has 2 aromatic carbocycles. The van der Waals surface area contributed by atoms with Crippen LogP contribution in [0.25, 0.3) is 16.7 Å². The van der Waals surface area contributed by atoms with Crippen molar-refractivity contribution in [3.05, 3.63) is 63.9 Å². The van der Waals surface area contributed by atoms with Crippen molar-refractivity contribution in [2.45, 2.75) is 38.4 Å². The number of carbonyl (C=O) groups excluding carboxylic acids is 3. The number of aromatic nitrogens is 4. The van der Waals surface area contributed by atoms with Crippen molar-refractivity contribution < 1.29 is 14.4 Å².